The van der Waals surface area contributed by atoms with E-state index in [9.17, 15) is 14.0 Å². The summed E-state index contributed by atoms with van der Waals surface area (Å²) in [4.78, 5) is 24.2. The van der Waals surface area contributed by atoms with E-state index in [0.717, 1.165) is 32.1 Å². The molecule has 0 unspecified atom stereocenters. The molecule has 1 aliphatic carbocycles. The zero-order valence-corrected chi connectivity index (χ0v) is 12.8. The number of ether oxygens (including phenoxy) is 1. The average Bonchev–Trinajstić information content (AvgIpc) is 2.56. The molecule has 1 saturated carbocycles. The SMILES string of the molecule is COC(=O)[C@H](Cc1ccccc1F)NC(=O)C1CCCCC1. The molecule has 1 fully saturated rings. The number of hydrogen-bond acceptors (Lipinski definition) is 3. The summed E-state index contributed by atoms with van der Waals surface area (Å²) in [5, 5.41) is 2.73. The van der Waals surface area contributed by atoms with Crippen LogP contribution < -0.4 is 5.32 Å². The van der Waals surface area contributed by atoms with Gasteiger partial charge in [0.1, 0.15) is 11.9 Å². The molecule has 4 nitrogen and oxygen atoms in total. The molecule has 22 heavy (non-hydrogen) atoms. The summed E-state index contributed by atoms with van der Waals surface area (Å²) in [6.45, 7) is 0. The molecule has 0 spiro atoms. The Morgan fingerprint density at radius 2 is 1.95 bits per heavy atom. The number of nitrogens with one attached hydrogen (secondary N) is 1. The number of carbonyl (C=O) groups excluding carboxylic acids is 2. The van der Waals surface area contributed by atoms with Gasteiger partial charge in [0.05, 0.1) is 7.11 Å². The molecule has 5 heteroatoms. The van der Waals surface area contributed by atoms with Crippen molar-refractivity contribution in [2.24, 2.45) is 5.92 Å². The number of amides is 1. The van der Waals surface area contributed by atoms with Crippen molar-refractivity contribution < 1.29 is 18.7 Å². The summed E-state index contributed by atoms with van der Waals surface area (Å²) in [6, 6.07) is 5.39. The van der Waals surface area contributed by atoms with Gasteiger partial charge in [0.25, 0.3) is 0 Å². The molecular formula is C17H22FNO3. The zero-order chi connectivity index (χ0) is 15.9. The third kappa shape index (κ3) is 4.29. The predicted molar refractivity (Wildman–Crippen MR) is 80.6 cm³/mol. The molecule has 0 saturated heterocycles. The average molecular weight is 307 g/mol. The van der Waals surface area contributed by atoms with Crippen molar-refractivity contribution in [2.75, 3.05) is 7.11 Å². The van der Waals surface area contributed by atoms with E-state index in [-0.39, 0.29) is 24.1 Å². The van der Waals surface area contributed by atoms with Crippen molar-refractivity contribution in [1.29, 1.82) is 0 Å². The summed E-state index contributed by atoms with van der Waals surface area (Å²) >= 11 is 0. The van der Waals surface area contributed by atoms with Crippen molar-refractivity contribution >= 4 is 11.9 Å². The highest BCUT2D eigenvalue weighted by Crippen LogP contribution is 2.24. The van der Waals surface area contributed by atoms with Crippen LogP contribution in [0.1, 0.15) is 37.7 Å². The van der Waals surface area contributed by atoms with Crippen LogP contribution in [-0.2, 0) is 20.7 Å². The largest absolute Gasteiger partial charge is 0.467 e. The van der Waals surface area contributed by atoms with Gasteiger partial charge in [0.2, 0.25) is 5.91 Å². The van der Waals surface area contributed by atoms with Crippen LogP contribution in [0.4, 0.5) is 4.39 Å². The number of esters is 1. The molecule has 120 valence electrons. The molecule has 1 aromatic rings. The molecule has 0 aliphatic heterocycles. The molecular weight excluding hydrogens is 285 g/mol. The van der Waals surface area contributed by atoms with Crippen LogP contribution in [0.25, 0.3) is 0 Å². The van der Waals surface area contributed by atoms with E-state index in [1.807, 2.05) is 0 Å². The minimum Gasteiger partial charge on any atom is -0.467 e. The fourth-order valence-corrected chi connectivity index (χ4v) is 2.87. The lowest BCUT2D eigenvalue weighted by Crippen LogP contribution is -2.46. The Balaban J connectivity index is 2.04. The van der Waals surface area contributed by atoms with E-state index in [4.69, 9.17) is 4.74 Å². The molecule has 0 bridgehead atoms. The van der Waals surface area contributed by atoms with Crippen LogP contribution in [0.3, 0.4) is 0 Å². The number of benzene rings is 1. The van der Waals surface area contributed by atoms with E-state index in [1.165, 1.54) is 13.2 Å². The predicted octanol–water partition coefficient (Wildman–Crippen LogP) is 2.61. The van der Waals surface area contributed by atoms with Gasteiger partial charge in [-0.1, -0.05) is 37.5 Å². The Morgan fingerprint density at radius 3 is 2.59 bits per heavy atom. The molecule has 1 atom stereocenters. The van der Waals surface area contributed by atoms with Crippen molar-refractivity contribution in [2.45, 2.75) is 44.6 Å². The Hall–Kier alpha value is -1.91. The quantitative estimate of drug-likeness (QED) is 0.851. The van der Waals surface area contributed by atoms with Crippen LogP contribution in [0.2, 0.25) is 0 Å². The van der Waals surface area contributed by atoms with E-state index < -0.39 is 12.0 Å². The molecule has 1 N–H and O–H groups in total. The van der Waals surface area contributed by atoms with Gasteiger partial charge in [-0.2, -0.15) is 0 Å². The second-order valence-electron chi connectivity index (χ2n) is 5.71. The van der Waals surface area contributed by atoms with Crippen molar-refractivity contribution in [3.05, 3.63) is 35.6 Å². The Bertz CT molecular complexity index is 526. The second-order valence-corrected chi connectivity index (χ2v) is 5.71. The number of hydrogen-bond donors (Lipinski definition) is 1. The first kappa shape index (κ1) is 16.5. The maximum absolute atomic E-state index is 13.7. The summed E-state index contributed by atoms with van der Waals surface area (Å²) in [6.07, 6.45) is 5.01. The Kier molecular flexibility index (Phi) is 5.92. The summed E-state index contributed by atoms with van der Waals surface area (Å²) < 4.78 is 18.5. The number of halogens is 1. The van der Waals surface area contributed by atoms with E-state index >= 15 is 0 Å². The van der Waals surface area contributed by atoms with Crippen LogP contribution in [0.5, 0.6) is 0 Å². The zero-order valence-electron chi connectivity index (χ0n) is 12.8. The topological polar surface area (TPSA) is 55.4 Å². The maximum Gasteiger partial charge on any atom is 0.328 e. The standard InChI is InChI=1S/C17H22FNO3/c1-22-17(21)15(11-13-9-5-6-10-14(13)18)19-16(20)12-7-3-2-4-8-12/h5-6,9-10,12,15H,2-4,7-8,11H2,1H3,(H,19,20)/t15-/m0/s1. The Labute approximate surface area is 130 Å². The molecule has 1 amide bonds. The van der Waals surface area contributed by atoms with Crippen LogP contribution in [0.15, 0.2) is 24.3 Å². The molecule has 1 aliphatic rings. The fraction of sp³-hybridized carbons (Fsp3) is 0.529. The maximum atomic E-state index is 13.7. The molecule has 0 aromatic heterocycles. The minimum atomic E-state index is -0.851. The summed E-state index contributed by atoms with van der Waals surface area (Å²) in [7, 11) is 1.27. The van der Waals surface area contributed by atoms with Gasteiger partial charge >= 0.3 is 5.97 Å². The van der Waals surface area contributed by atoms with Crippen LogP contribution >= 0.6 is 0 Å². The first-order valence-corrected chi connectivity index (χ1v) is 7.73. The van der Waals surface area contributed by atoms with E-state index in [1.54, 1.807) is 18.2 Å². The van der Waals surface area contributed by atoms with Crippen LogP contribution in [-0.4, -0.2) is 25.0 Å². The third-order valence-corrected chi connectivity index (χ3v) is 4.16. The fourth-order valence-electron chi connectivity index (χ4n) is 2.87. The highest BCUT2D eigenvalue weighted by Gasteiger charge is 2.27. The lowest BCUT2D eigenvalue weighted by molar-refractivity contribution is -0.145. The van der Waals surface area contributed by atoms with Gasteiger partial charge in [0, 0.05) is 12.3 Å². The summed E-state index contributed by atoms with van der Waals surface area (Å²) in [5.74, 6) is -1.12. The normalized spacial score (nSPS) is 16.8. The van der Waals surface area contributed by atoms with Gasteiger partial charge < -0.3 is 10.1 Å². The van der Waals surface area contributed by atoms with Crippen molar-refractivity contribution in [1.82, 2.24) is 5.32 Å². The highest BCUT2D eigenvalue weighted by atomic mass is 19.1. The van der Waals surface area contributed by atoms with Crippen molar-refractivity contribution in [3.63, 3.8) is 0 Å². The first-order chi connectivity index (χ1) is 10.6. The number of carbonyl (C=O) groups is 2. The molecule has 0 heterocycles. The van der Waals surface area contributed by atoms with Crippen LogP contribution in [0, 0.1) is 11.7 Å². The van der Waals surface area contributed by atoms with Gasteiger partial charge in [-0.15, -0.1) is 0 Å². The highest BCUT2D eigenvalue weighted by molar-refractivity contribution is 5.86. The van der Waals surface area contributed by atoms with Gasteiger partial charge in [-0.3, -0.25) is 4.79 Å². The minimum absolute atomic E-state index is 0.0541. The Morgan fingerprint density at radius 1 is 1.27 bits per heavy atom. The molecule has 0 radical (unpaired) electrons. The lowest BCUT2D eigenvalue weighted by Gasteiger charge is -2.24. The van der Waals surface area contributed by atoms with Gasteiger partial charge in [-0.05, 0) is 24.5 Å². The van der Waals surface area contributed by atoms with Gasteiger partial charge in [0.15, 0.2) is 0 Å². The van der Waals surface area contributed by atoms with Gasteiger partial charge in [-0.25, -0.2) is 9.18 Å². The smallest absolute Gasteiger partial charge is 0.328 e. The lowest BCUT2D eigenvalue weighted by atomic mass is 9.88. The summed E-state index contributed by atoms with van der Waals surface area (Å²) in [5.41, 5.74) is 0.391. The van der Waals surface area contributed by atoms with E-state index in [2.05, 4.69) is 5.32 Å². The van der Waals surface area contributed by atoms with E-state index in [0.29, 0.717) is 5.56 Å². The molecule has 1 aromatic carbocycles. The molecule has 2 rings (SSSR count). The first-order valence-electron chi connectivity index (χ1n) is 7.73. The number of rotatable bonds is 5. The third-order valence-electron chi connectivity index (χ3n) is 4.16. The monoisotopic (exact) mass is 307 g/mol. The second kappa shape index (κ2) is 7.92. The number of methoxy groups -OCH3 is 1. The van der Waals surface area contributed by atoms with Crippen molar-refractivity contribution in [3.8, 4) is 0 Å².